The molecule has 4 aromatic rings. The van der Waals surface area contributed by atoms with Gasteiger partial charge in [0.2, 0.25) is 5.96 Å². The minimum absolute atomic E-state index is 0.319. The first-order chi connectivity index (χ1) is 16.7. The zero-order valence-electron chi connectivity index (χ0n) is 18.5. The van der Waals surface area contributed by atoms with Crippen molar-refractivity contribution in [2.45, 2.75) is 12.5 Å². The minimum atomic E-state index is -0.581. The van der Waals surface area contributed by atoms with E-state index >= 15 is 0 Å². The predicted octanol–water partition coefficient (Wildman–Crippen LogP) is 3.67. The number of para-hydroxylation sites is 1. The summed E-state index contributed by atoms with van der Waals surface area (Å²) in [5.41, 5.74) is 4.19. The van der Waals surface area contributed by atoms with Crippen molar-refractivity contribution < 1.29 is 5.11 Å². The molecule has 0 aliphatic carbocycles. The van der Waals surface area contributed by atoms with E-state index in [1.165, 1.54) is 0 Å². The third kappa shape index (κ3) is 6.13. The van der Waals surface area contributed by atoms with Crippen LogP contribution in [0.25, 0.3) is 10.9 Å². The van der Waals surface area contributed by atoms with Crippen LogP contribution in [0.1, 0.15) is 17.2 Å². The average Bonchev–Trinajstić information content (AvgIpc) is 2.88. The normalized spacial score (nSPS) is 12.2. The first-order valence-electron chi connectivity index (χ1n) is 10.9. The Morgan fingerprint density at radius 2 is 1.85 bits per heavy atom. The van der Waals surface area contributed by atoms with Crippen molar-refractivity contribution in [2.75, 3.05) is 18.4 Å². The monoisotopic (exact) mass is 451 g/mol. The summed E-state index contributed by atoms with van der Waals surface area (Å²) in [4.78, 5) is 13.0. The van der Waals surface area contributed by atoms with E-state index in [0.717, 1.165) is 40.7 Å². The molecule has 4 N–H and O–H groups in total. The second-order valence-corrected chi connectivity index (χ2v) is 7.63. The van der Waals surface area contributed by atoms with Gasteiger partial charge < -0.3 is 15.7 Å². The molecule has 0 aliphatic heterocycles. The van der Waals surface area contributed by atoms with Gasteiger partial charge in [0.1, 0.15) is 0 Å². The first-order valence-corrected chi connectivity index (χ1v) is 10.9. The highest BCUT2D eigenvalue weighted by molar-refractivity contribution is 5.99. The Balaban J connectivity index is 1.34. The zero-order valence-corrected chi connectivity index (χ0v) is 18.5. The van der Waals surface area contributed by atoms with Gasteiger partial charge in [0.25, 0.3) is 0 Å². The van der Waals surface area contributed by atoms with E-state index in [1.807, 2.05) is 72.9 Å². The number of pyridine rings is 2. The number of hydrogen-bond donors (Lipinski definition) is 4. The van der Waals surface area contributed by atoms with Gasteiger partial charge in [0.05, 0.1) is 17.3 Å². The van der Waals surface area contributed by atoms with Gasteiger partial charge in [-0.1, -0.05) is 36.4 Å². The Bertz CT molecular complexity index is 1280. The minimum Gasteiger partial charge on any atom is -0.387 e. The number of nitrogens with one attached hydrogen (secondary N) is 3. The lowest BCUT2D eigenvalue weighted by Crippen LogP contribution is -2.26. The van der Waals surface area contributed by atoms with Gasteiger partial charge in [0.15, 0.2) is 6.19 Å². The largest absolute Gasteiger partial charge is 0.387 e. The quantitative estimate of drug-likeness (QED) is 0.106. The summed E-state index contributed by atoms with van der Waals surface area (Å²) in [6.45, 7) is 1.20. The standard InChI is InChI=1S/C26H25N7O/c27-18-31-26(33-23-7-1-4-20-5-3-14-30-25(20)23)32-22-10-8-19(9-11-22)12-15-29-17-24(34)21-6-2-13-28-16-21/h1-11,13-14,16,24,29,34H,12,15,17H2,(H2,31,32,33)/t24-/m0/s1. The van der Waals surface area contributed by atoms with Crippen molar-refractivity contribution in [3.63, 3.8) is 0 Å². The number of aliphatic hydroxyl groups is 1. The van der Waals surface area contributed by atoms with Crippen molar-refractivity contribution in [3.05, 3.63) is 96.4 Å². The lowest BCUT2D eigenvalue weighted by molar-refractivity contribution is 0.174. The molecule has 0 bridgehead atoms. The topological polar surface area (TPSA) is 118 Å². The molecular weight excluding hydrogens is 426 g/mol. The maximum absolute atomic E-state index is 10.2. The number of benzene rings is 2. The molecule has 0 amide bonds. The van der Waals surface area contributed by atoms with E-state index in [2.05, 4.69) is 30.9 Å². The van der Waals surface area contributed by atoms with Crippen LogP contribution in [-0.2, 0) is 6.42 Å². The fraction of sp³-hybridized carbons (Fsp3) is 0.154. The zero-order chi connectivity index (χ0) is 23.6. The Hall–Kier alpha value is -4.32. The maximum atomic E-state index is 10.2. The van der Waals surface area contributed by atoms with Crippen molar-refractivity contribution in [2.24, 2.45) is 4.99 Å². The third-order valence-electron chi connectivity index (χ3n) is 5.23. The highest BCUT2D eigenvalue weighted by atomic mass is 16.3. The number of anilines is 1. The molecule has 0 spiro atoms. The Morgan fingerprint density at radius 1 is 1.03 bits per heavy atom. The first kappa shape index (κ1) is 22.9. The highest BCUT2D eigenvalue weighted by Crippen LogP contribution is 2.23. The molecule has 34 heavy (non-hydrogen) atoms. The molecular formula is C26H25N7O. The number of guanidine groups is 1. The molecule has 0 aliphatic rings. The van der Waals surface area contributed by atoms with Gasteiger partial charge in [-0.2, -0.15) is 5.26 Å². The molecule has 1 atom stereocenters. The summed E-state index contributed by atoms with van der Waals surface area (Å²) >= 11 is 0. The smallest absolute Gasteiger partial charge is 0.214 e. The number of aromatic nitrogens is 2. The summed E-state index contributed by atoms with van der Waals surface area (Å²) in [6, 6.07) is 21.2. The number of fused-ring (bicyclic) bond motifs is 1. The molecule has 8 nitrogen and oxygen atoms in total. The Labute approximate surface area is 198 Å². The number of nitrogens with zero attached hydrogens (tertiary/aromatic N) is 4. The van der Waals surface area contributed by atoms with Crippen LogP contribution in [-0.4, -0.2) is 34.1 Å². The van der Waals surface area contributed by atoms with Crippen LogP contribution in [0.5, 0.6) is 0 Å². The number of aliphatic hydroxyl groups excluding tert-OH is 1. The summed E-state index contributed by atoms with van der Waals surface area (Å²) < 4.78 is 0. The summed E-state index contributed by atoms with van der Waals surface area (Å²) in [5, 5.41) is 29.4. The van der Waals surface area contributed by atoms with Gasteiger partial charge in [-0.05, 0) is 48.9 Å². The summed E-state index contributed by atoms with van der Waals surface area (Å²) in [7, 11) is 0. The number of hydrogen-bond acceptors (Lipinski definition) is 6. The lowest BCUT2D eigenvalue weighted by atomic mass is 10.1. The molecule has 0 unspecified atom stereocenters. The lowest BCUT2D eigenvalue weighted by Gasteiger charge is -2.12. The summed E-state index contributed by atoms with van der Waals surface area (Å²) in [5.74, 6) is 0.319. The number of rotatable bonds is 8. The number of nitriles is 1. The van der Waals surface area contributed by atoms with E-state index in [1.54, 1.807) is 18.6 Å². The maximum Gasteiger partial charge on any atom is 0.214 e. The fourth-order valence-electron chi connectivity index (χ4n) is 3.49. The highest BCUT2D eigenvalue weighted by Gasteiger charge is 2.07. The molecule has 2 aromatic heterocycles. The van der Waals surface area contributed by atoms with Gasteiger partial charge in [-0.15, -0.1) is 0 Å². The van der Waals surface area contributed by atoms with Crippen LogP contribution in [0.3, 0.4) is 0 Å². The van der Waals surface area contributed by atoms with Gasteiger partial charge >= 0.3 is 0 Å². The predicted molar refractivity (Wildman–Crippen MR) is 133 cm³/mol. The molecule has 0 saturated carbocycles. The third-order valence-corrected chi connectivity index (χ3v) is 5.23. The number of aliphatic imine (C=N–C) groups is 1. The molecule has 0 radical (unpaired) electrons. The van der Waals surface area contributed by atoms with Gasteiger partial charge in [-0.3, -0.25) is 15.3 Å². The SMILES string of the molecule is N#CNC(=Nc1cccc2cccnc12)Nc1ccc(CCNC[C@H](O)c2cccnc2)cc1. The van der Waals surface area contributed by atoms with Crippen LogP contribution in [0.15, 0.2) is 90.3 Å². The van der Waals surface area contributed by atoms with Crippen LogP contribution < -0.4 is 16.0 Å². The molecule has 0 saturated heterocycles. The van der Waals surface area contributed by atoms with Gasteiger partial charge in [0, 0.05) is 41.8 Å². The van der Waals surface area contributed by atoms with Gasteiger partial charge in [-0.25, -0.2) is 4.99 Å². The molecule has 170 valence electrons. The van der Waals surface area contributed by atoms with Crippen LogP contribution >= 0.6 is 0 Å². The molecule has 2 aromatic carbocycles. The molecule has 8 heteroatoms. The van der Waals surface area contributed by atoms with E-state index in [9.17, 15) is 5.11 Å². The van der Waals surface area contributed by atoms with E-state index in [4.69, 9.17) is 5.26 Å². The molecule has 4 rings (SSSR count). The Morgan fingerprint density at radius 3 is 2.65 bits per heavy atom. The van der Waals surface area contributed by atoms with Crippen molar-refractivity contribution >= 4 is 28.2 Å². The second kappa shape index (κ2) is 11.5. The van der Waals surface area contributed by atoms with E-state index in [-0.39, 0.29) is 0 Å². The van der Waals surface area contributed by atoms with Crippen LogP contribution in [0, 0.1) is 11.5 Å². The van der Waals surface area contributed by atoms with Crippen molar-refractivity contribution in [1.29, 1.82) is 5.26 Å². The van der Waals surface area contributed by atoms with Crippen LogP contribution in [0.4, 0.5) is 11.4 Å². The average molecular weight is 452 g/mol. The summed E-state index contributed by atoms with van der Waals surface area (Å²) in [6.07, 6.45) is 7.25. The van der Waals surface area contributed by atoms with E-state index in [0.29, 0.717) is 18.2 Å². The van der Waals surface area contributed by atoms with E-state index < -0.39 is 6.10 Å². The Kier molecular flexibility index (Phi) is 7.74. The second-order valence-electron chi connectivity index (χ2n) is 7.63. The van der Waals surface area contributed by atoms with Crippen LogP contribution in [0.2, 0.25) is 0 Å². The molecule has 2 heterocycles. The fourth-order valence-corrected chi connectivity index (χ4v) is 3.49. The molecule has 0 fully saturated rings. The van der Waals surface area contributed by atoms with Crippen molar-refractivity contribution in [1.82, 2.24) is 20.6 Å². The van der Waals surface area contributed by atoms with Crippen molar-refractivity contribution in [3.8, 4) is 6.19 Å².